The summed E-state index contributed by atoms with van der Waals surface area (Å²) in [5.74, 6) is -2.23. The Morgan fingerprint density at radius 3 is 2.69 bits per heavy atom. The summed E-state index contributed by atoms with van der Waals surface area (Å²) in [7, 11) is 0. The summed E-state index contributed by atoms with van der Waals surface area (Å²) < 4.78 is 0. The lowest BCUT2D eigenvalue weighted by Gasteiger charge is -1.96. The number of nitrogen functional groups attached to an aromatic ring is 1. The van der Waals surface area contributed by atoms with E-state index in [9.17, 15) is 14.9 Å². The van der Waals surface area contributed by atoms with Crippen molar-refractivity contribution < 1.29 is 14.8 Å². The molecule has 3 N–H and O–H groups in total. The van der Waals surface area contributed by atoms with E-state index in [0.717, 1.165) is 6.07 Å². The molecule has 0 saturated heterocycles. The van der Waals surface area contributed by atoms with Gasteiger partial charge in [0.25, 0.3) is 0 Å². The molecule has 0 aromatic carbocycles. The Hall–Kier alpha value is -2.18. The predicted octanol–water partition coefficient (Wildman–Crippen LogP) is 0.270. The van der Waals surface area contributed by atoms with Crippen LogP contribution >= 0.6 is 0 Å². The molecule has 0 aliphatic rings. The molecule has 13 heavy (non-hydrogen) atoms. The van der Waals surface area contributed by atoms with Crippen LogP contribution in [0.25, 0.3) is 0 Å². The number of nitrogens with zero attached hydrogens (tertiary/aromatic N) is 2. The van der Waals surface area contributed by atoms with E-state index in [4.69, 9.17) is 10.8 Å². The highest BCUT2D eigenvalue weighted by Crippen LogP contribution is 2.16. The van der Waals surface area contributed by atoms with Crippen LogP contribution in [0.2, 0.25) is 0 Å². The Bertz CT molecular complexity index is 376. The van der Waals surface area contributed by atoms with Crippen molar-refractivity contribution in [3.8, 4) is 0 Å². The fraction of sp³-hybridized carbons (Fsp3) is 0. The number of nitrogens with two attached hydrogens (primary N) is 1. The molecule has 1 aromatic heterocycles. The van der Waals surface area contributed by atoms with E-state index in [-0.39, 0.29) is 5.82 Å². The molecule has 1 aromatic rings. The van der Waals surface area contributed by atoms with Gasteiger partial charge >= 0.3 is 11.8 Å². The number of nitro groups is 1. The largest absolute Gasteiger partial charge is 0.477 e. The summed E-state index contributed by atoms with van der Waals surface area (Å²) in [4.78, 5) is 23.2. The van der Waals surface area contributed by atoms with Crippen molar-refractivity contribution in [2.45, 2.75) is 0 Å². The maximum absolute atomic E-state index is 10.5. The average molecular weight is 183 g/mol. The normalized spacial score (nSPS) is 9.54. The molecule has 7 nitrogen and oxygen atoms in total. The quantitative estimate of drug-likeness (QED) is 0.501. The fourth-order valence-electron chi connectivity index (χ4n) is 0.769. The Kier molecular flexibility index (Phi) is 2.09. The van der Waals surface area contributed by atoms with Gasteiger partial charge in [-0.05, 0) is 16.0 Å². The minimum Gasteiger partial charge on any atom is -0.477 e. The summed E-state index contributed by atoms with van der Waals surface area (Å²) in [6.07, 6.45) is 0. The van der Waals surface area contributed by atoms with Gasteiger partial charge < -0.3 is 21.0 Å². The zero-order chi connectivity index (χ0) is 10.0. The summed E-state index contributed by atoms with van der Waals surface area (Å²) in [5, 5.41) is 18.8. The Morgan fingerprint density at radius 1 is 1.62 bits per heavy atom. The number of carbonyl (C=O) groups is 1. The minimum atomic E-state index is -1.40. The van der Waals surface area contributed by atoms with Crippen LogP contribution in [0.1, 0.15) is 10.4 Å². The van der Waals surface area contributed by atoms with Gasteiger partial charge in [0.15, 0.2) is 5.56 Å². The number of carboxylic acids is 1. The second-order valence-corrected chi connectivity index (χ2v) is 2.17. The smallest absolute Gasteiger partial charge is 0.380 e. The standard InChI is InChI=1S/C6H5N3O4/c7-4-2-1-3(6(10)11)5(8-4)9(12)13/h1-2H,(H2,7,8)(H,10,11). The van der Waals surface area contributed by atoms with Crippen LogP contribution in [0, 0.1) is 10.1 Å². The molecule has 0 saturated carbocycles. The molecule has 0 aliphatic heterocycles. The number of hydrogen-bond donors (Lipinski definition) is 2. The number of carboxylic acid groups (broad SMARTS) is 1. The SMILES string of the molecule is Nc1ccc(C(=O)O)c([N+](=O)[O-])n1. The van der Waals surface area contributed by atoms with Crippen LogP contribution < -0.4 is 5.73 Å². The first-order valence-corrected chi connectivity index (χ1v) is 3.16. The first-order valence-electron chi connectivity index (χ1n) is 3.16. The van der Waals surface area contributed by atoms with E-state index in [1.807, 2.05) is 0 Å². The molecule has 68 valence electrons. The van der Waals surface area contributed by atoms with E-state index in [2.05, 4.69) is 4.98 Å². The van der Waals surface area contributed by atoms with E-state index in [1.54, 1.807) is 0 Å². The Morgan fingerprint density at radius 2 is 2.23 bits per heavy atom. The van der Waals surface area contributed by atoms with Crippen LogP contribution in [0.5, 0.6) is 0 Å². The van der Waals surface area contributed by atoms with Crippen LogP contribution in [0.15, 0.2) is 12.1 Å². The van der Waals surface area contributed by atoms with Crippen LogP contribution in [0.3, 0.4) is 0 Å². The Labute approximate surface area is 72.0 Å². The van der Waals surface area contributed by atoms with Crippen molar-refractivity contribution in [3.63, 3.8) is 0 Å². The second-order valence-electron chi connectivity index (χ2n) is 2.17. The van der Waals surface area contributed by atoms with Gasteiger partial charge in [0.05, 0.1) is 0 Å². The van der Waals surface area contributed by atoms with E-state index in [1.165, 1.54) is 6.07 Å². The van der Waals surface area contributed by atoms with Gasteiger partial charge in [-0.25, -0.2) is 4.79 Å². The third-order valence-corrected chi connectivity index (χ3v) is 1.30. The third-order valence-electron chi connectivity index (χ3n) is 1.30. The molecule has 0 aliphatic carbocycles. The average Bonchev–Trinajstić information content (AvgIpc) is 2.03. The minimum absolute atomic E-state index is 0.0864. The predicted molar refractivity (Wildman–Crippen MR) is 42.3 cm³/mol. The van der Waals surface area contributed by atoms with Crippen molar-refractivity contribution in [1.29, 1.82) is 0 Å². The van der Waals surface area contributed by atoms with Crippen molar-refractivity contribution >= 4 is 17.6 Å². The monoisotopic (exact) mass is 183 g/mol. The molecular weight excluding hydrogens is 178 g/mol. The highest BCUT2D eigenvalue weighted by atomic mass is 16.6. The summed E-state index contributed by atoms with van der Waals surface area (Å²) in [5.41, 5.74) is 4.68. The van der Waals surface area contributed by atoms with E-state index >= 15 is 0 Å². The molecule has 0 unspecified atom stereocenters. The molecule has 1 heterocycles. The van der Waals surface area contributed by atoms with Gasteiger partial charge in [0, 0.05) is 6.07 Å². The van der Waals surface area contributed by atoms with Crippen molar-refractivity contribution in [3.05, 3.63) is 27.8 Å². The van der Waals surface area contributed by atoms with Gasteiger partial charge in [0.2, 0.25) is 5.82 Å². The van der Waals surface area contributed by atoms with Crippen LogP contribution in [-0.4, -0.2) is 21.0 Å². The first kappa shape index (κ1) is 8.91. The highest BCUT2D eigenvalue weighted by Gasteiger charge is 2.21. The van der Waals surface area contributed by atoms with Gasteiger partial charge in [-0.15, -0.1) is 0 Å². The number of aromatic carboxylic acids is 1. The summed E-state index contributed by atoms with van der Waals surface area (Å²) >= 11 is 0. The topological polar surface area (TPSA) is 119 Å². The van der Waals surface area contributed by atoms with Gasteiger partial charge in [-0.3, -0.25) is 0 Å². The molecule has 0 amide bonds. The van der Waals surface area contributed by atoms with Crippen LogP contribution in [0.4, 0.5) is 11.6 Å². The fourth-order valence-corrected chi connectivity index (χ4v) is 0.769. The molecule has 0 fully saturated rings. The zero-order valence-electron chi connectivity index (χ0n) is 6.30. The maximum Gasteiger partial charge on any atom is 0.380 e. The highest BCUT2D eigenvalue weighted by molar-refractivity contribution is 5.91. The van der Waals surface area contributed by atoms with E-state index in [0.29, 0.717) is 0 Å². The van der Waals surface area contributed by atoms with Gasteiger partial charge in [0.1, 0.15) is 0 Å². The number of aromatic nitrogens is 1. The maximum atomic E-state index is 10.5. The molecule has 0 radical (unpaired) electrons. The Balaban J connectivity index is 3.35. The number of hydrogen-bond acceptors (Lipinski definition) is 5. The lowest BCUT2D eigenvalue weighted by atomic mass is 10.2. The van der Waals surface area contributed by atoms with Crippen molar-refractivity contribution in [2.24, 2.45) is 0 Å². The molecule has 1 rings (SSSR count). The van der Waals surface area contributed by atoms with E-state index < -0.39 is 22.3 Å². The van der Waals surface area contributed by atoms with Gasteiger partial charge in [-0.2, -0.15) is 0 Å². The number of anilines is 1. The number of pyridine rings is 1. The molecule has 0 atom stereocenters. The van der Waals surface area contributed by atoms with Crippen molar-refractivity contribution in [1.82, 2.24) is 4.98 Å². The molecule has 7 heteroatoms. The summed E-state index contributed by atoms with van der Waals surface area (Å²) in [6.45, 7) is 0. The zero-order valence-corrected chi connectivity index (χ0v) is 6.30. The molecule has 0 spiro atoms. The third kappa shape index (κ3) is 1.70. The lowest BCUT2D eigenvalue weighted by molar-refractivity contribution is -0.389. The molecular formula is C6H5N3O4. The molecule has 0 bridgehead atoms. The second kappa shape index (κ2) is 3.05. The van der Waals surface area contributed by atoms with Gasteiger partial charge in [-0.1, -0.05) is 0 Å². The summed E-state index contributed by atoms with van der Waals surface area (Å²) in [6, 6.07) is 2.24. The lowest BCUT2D eigenvalue weighted by Crippen LogP contribution is -2.06. The van der Waals surface area contributed by atoms with Crippen LogP contribution in [-0.2, 0) is 0 Å². The number of rotatable bonds is 2. The van der Waals surface area contributed by atoms with Crippen molar-refractivity contribution in [2.75, 3.05) is 5.73 Å². The first-order chi connectivity index (χ1) is 6.02.